The molecule has 0 bridgehead atoms. The topological polar surface area (TPSA) is 65.0 Å². The minimum atomic E-state index is -0.962. The molecule has 0 unspecified atom stereocenters. The molecule has 1 amide bonds. The Morgan fingerprint density at radius 1 is 1.00 bits per heavy atom. The third-order valence-electron chi connectivity index (χ3n) is 5.95. The van der Waals surface area contributed by atoms with Gasteiger partial charge in [0.05, 0.1) is 12.2 Å². The lowest BCUT2D eigenvalue weighted by atomic mass is 10.0. The number of Topliss-reactive ketones (excluding diaryl/α,β-unsaturated/α-hetero) is 1. The number of likely N-dealkylation sites (N-methyl/N-ethyl adjacent to an activating group) is 1. The maximum absolute atomic E-state index is 13.9. The largest absolute Gasteiger partial charge is 0.369 e. The summed E-state index contributed by atoms with van der Waals surface area (Å²) in [6, 6.07) is 11.4. The van der Waals surface area contributed by atoms with Gasteiger partial charge in [-0.25, -0.2) is 8.78 Å². The summed E-state index contributed by atoms with van der Waals surface area (Å²) < 4.78 is 27.8. The van der Waals surface area contributed by atoms with Crippen LogP contribution in [-0.4, -0.2) is 62.1 Å². The Labute approximate surface area is 191 Å². The van der Waals surface area contributed by atoms with Crippen molar-refractivity contribution in [3.8, 4) is 0 Å². The predicted molar refractivity (Wildman–Crippen MR) is 124 cm³/mol. The van der Waals surface area contributed by atoms with Gasteiger partial charge in [0, 0.05) is 38.3 Å². The van der Waals surface area contributed by atoms with Gasteiger partial charge < -0.3 is 15.1 Å². The van der Waals surface area contributed by atoms with Gasteiger partial charge in [-0.05, 0) is 49.4 Å². The Morgan fingerprint density at radius 3 is 2.33 bits per heavy atom. The number of aryl methyl sites for hydroxylation is 1. The highest BCUT2D eigenvalue weighted by molar-refractivity contribution is 6.47. The fourth-order valence-corrected chi connectivity index (χ4v) is 3.97. The molecule has 1 fully saturated rings. The first-order valence-corrected chi connectivity index (χ1v) is 11.0. The van der Waals surface area contributed by atoms with Gasteiger partial charge in [-0.1, -0.05) is 18.2 Å². The first-order valence-electron chi connectivity index (χ1n) is 11.0. The zero-order chi connectivity index (χ0) is 23.4. The summed E-state index contributed by atoms with van der Waals surface area (Å²) in [4.78, 5) is 33.9. The van der Waals surface area contributed by atoms with Gasteiger partial charge in [0.25, 0.3) is 5.91 Å². The Hall–Kier alpha value is -3.39. The molecule has 0 aromatic heterocycles. The number of rotatable bonds is 7. The lowest BCUT2D eigenvalue weighted by molar-refractivity contribution is -0.112. The summed E-state index contributed by atoms with van der Waals surface area (Å²) in [5.41, 5.74) is 1.85. The zero-order valence-corrected chi connectivity index (χ0v) is 18.5. The lowest BCUT2D eigenvalue weighted by Crippen LogP contribution is -2.44. The van der Waals surface area contributed by atoms with E-state index in [0.717, 1.165) is 43.9 Å². The second-order valence-electron chi connectivity index (χ2n) is 8.24. The Balaban J connectivity index is 1.33. The number of nitrogens with one attached hydrogen (secondary N) is 1. The number of allylic oxidation sites excluding steroid dienone is 1. The smallest absolute Gasteiger partial charge is 0.261 e. The van der Waals surface area contributed by atoms with Crippen LogP contribution in [0.2, 0.25) is 0 Å². The molecule has 0 saturated carbocycles. The van der Waals surface area contributed by atoms with Crippen LogP contribution in [-0.2, 0) is 11.2 Å². The van der Waals surface area contributed by atoms with Crippen molar-refractivity contribution < 1.29 is 18.4 Å². The number of aliphatic imine (C=N–C) groups is 1. The molecule has 2 aromatic rings. The minimum Gasteiger partial charge on any atom is -0.369 e. The fourth-order valence-electron chi connectivity index (χ4n) is 3.97. The fraction of sp³-hybridized carbons (Fsp3) is 0.320. The number of halogens is 2. The first-order chi connectivity index (χ1) is 15.9. The van der Waals surface area contributed by atoms with Gasteiger partial charge in [-0.2, -0.15) is 0 Å². The van der Waals surface area contributed by atoms with E-state index in [1.807, 2.05) is 12.1 Å². The molecular formula is C25H26F2N4O2. The van der Waals surface area contributed by atoms with E-state index in [0.29, 0.717) is 6.42 Å². The number of amides is 1. The molecule has 0 radical (unpaired) electrons. The van der Waals surface area contributed by atoms with Crippen molar-refractivity contribution in [2.75, 3.05) is 44.7 Å². The summed E-state index contributed by atoms with van der Waals surface area (Å²) in [7, 11) is 2.12. The number of ketones is 1. The average Bonchev–Trinajstić information content (AvgIpc) is 3.26. The second kappa shape index (κ2) is 10.0. The van der Waals surface area contributed by atoms with Crippen molar-refractivity contribution in [1.82, 2.24) is 10.2 Å². The highest BCUT2D eigenvalue weighted by atomic mass is 19.1. The minimum absolute atomic E-state index is 0.133. The lowest BCUT2D eigenvalue weighted by Gasteiger charge is -2.34. The van der Waals surface area contributed by atoms with E-state index in [-0.39, 0.29) is 30.2 Å². The van der Waals surface area contributed by atoms with Crippen molar-refractivity contribution in [3.63, 3.8) is 0 Å². The van der Waals surface area contributed by atoms with Crippen LogP contribution in [0.25, 0.3) is 0 Å². The van der Waals surface area contributed by atoms with E-state index in [4.69, 9.17) is 0 Å². The van der Waals surface area contributed by atoms with Crippen molar-refractivity contribution >= 4 is 23.1 Å². The van der Waals surface area contributed by atoms with E-state index < -0.39 is 23.1 Å². The van der Waals surface area contributed by atoms with Gasteiger partial charge in [0.1, 0.15) is 22.9 Å². The maximum Gasteiger partial charge on any atom is 0.261 e. The van der Waals surface area contributed by atoms with Crippen LogP contribution in [0.4, 0.5) is 14.5 Å². The number of nitrogens with zero attached hydrogens (tertiary/aromatic N) is 3. The number of carbonyl (C=O) groups excluding carboxylic acids is 2. The molecule has 6 nitrogen and oxygen atoms in total. The van der Waals surface area contributed by atoms with E-state index in [1.165, 1.54) is 11.8 Å². The zero-order valence-electron chi connectivity index (χ0n) is 18.5. The number of anilines is 1. The van der Waals surface area contributed by atoms with E-state index in [9.17, 15) is 18.4 Å². The molecule has 0 spiro atoms. The molecule has 4 rings (SSSR count). The SMILES string of the molecule is CN1CCN(c2ccc(CCC(=O)C3=NCC=C3NC(=O)c3c(F)cccc3F)cc2)CC1. The molecule has 8 heteroatoms. The molecule has 2 aromatic carbocycles. The van der Waals surface area contributed by atoms with Crippen LogP contribution in [0.3, 0.4) is 0 Å². The molecule has 1 N–H and O–H groups in total. The molecule has 0 aliphatic carbocycles. The maximum atomic E-state index is 13.9. The normalized spacial score (nSPS) is 16.4. The Bertz CT molecular complexity index is 1080. The van der Waals surface area contributed by atoms with E-state index in [2.05, 4.69) is 39.3 Å². The van der Waals surface area contributed by atoms with Gasteiger partial charge >= 0.3 is 0 Å². The van der Waals surface area contributed by atoms with Gasteiger partial charge in [-0.3, -0.25) is 14.6 Å². The number of piperazine rings is 1. The highest BCUT2D eigenvalue weighted by Gasteiger charge is 2.24. The van der Waals surface area contributed by atoms with Crippen LogP contribution in [0.1, 0.15) is 22.3 Å². The molecule has 2 heterocycles. The Morgan fingerprint density at radius 2 is 1.67 bits per heavy atom. The number of benzene rings is 2. The second-order valence-corrected chi connectivity index (χ2v) is 8.24. The monoisotopic (exact) mass is 452 g/mol. The van der Waals surface area contributed by atoms with Crippen molar-refractivity contribution in [1.29, 1.82) is 0 Å². The molecular weight excluding hydrogens is 426 g/mol. The number of hydrogen-bond acceptors (Lipinski definition) is 5. The van der Waals surface area contributed by atoms with Crippen LogP contribution < -0.4 is 10.2 Å². The Kier molecular flexibility index (Phi) is 6.93. The van der Waals surface area contributed by atoms with E-state index in [1.54, 1.807) is 6.08 Å². The third kappa shape index (κ3) is 5.34. The molecule has 1 saturated heterocycles. The van der Waals surface area contributed by atoms with Crippen LogP contribution in [0.5, 0.6) is 0 Å². The van der Waals surface area contributed by atoms with Gasteiger partial charge in [0.15, 0.2) is 5.78 Å². The van der Waals surface area contributed by atoms with Crippen molar-refractivity contribution in [2.24, 2.45) is 4.99 Å². The molecule has 33 heavy (non-hydrogen) atoms. The number of carbonyl (C=O) groups is 2. The summed E-state index contributed by atoms with van der Waals surface area (Å²) in [6.07, 6.45) is 2.31. The third-order valence-corrected chi connectivity index (χ3v) is 5.95. The molecule has 2 aliphatic rings. The van der Waals surface area contributed by atoms with E-state index >= 15 is 0 Å². The van der Waals surface area contributed by atoms with Crippen LogP contribution in [0.15, 0.2) is 59.2 Å². The van der Waals surface area contributed by atoms with Crippen LogP contribution in [0, 0.1) is 11.6 Å². The predicted octanol–water partition coefficient (Wildman–Crippen LogP) is 2.99. The molecule has 0 atom stereocenters. The molecule has 2 aliphatic heterocycles. The molecule has 172 valence electrons. The van der Waals surface area contributed by atoms with Gasteiger partial charge in [0.2, 0.25) is 0 Å². The first kappa shape index (κ1) is 22.8. The quantitative estimate of drug-likeness (QED) is 0.702. The summed E-state index contributed by atoms with van der Waals surface area (Å²) in [6.45, 7) is 4.29. The van der Waals surface area contributed by atoms with Crippen LogP contribution >= 0.6 is 0 Å². The summed E-state index contributed by atoms with van der Waals surface area (Å²) in [5, 5.41) is 2.43. The highest BCUT2D eigenvalue weighted by Crippen LogP contribution is 2.19. The van der Waals surface area contributed by atoms with Crippen molar-refractivity contribution in [2.45, 2.75) is 12.8 Å². The average molecular weight is 453 g/mol. The summed E-state index contributed by atoms with van der Waals surface area (Å²) in [5.74, 6) is -3.10. The standard InChI is InChI=1S/C25H26F2N4O2/c1-30-13-15-31(16-14-30)18-8-5-17(6-9-18)7-10-22(32)24-21(11-12-28-24)29-25(33)23-19(26)3-2-4-20(23)27/h2-6,8-9,11H,7,10,12-16H2,1H3,(H,29,33). The summed E-state index contributed by atoms with van der Waals surface area (Å²) >= 11 is 0. The number of hydrogen-bond donors (Lipinski definition) is 1. The van der Waals surface area contributed by atoms with Gasteiger partial charge in [-0.15, -0.1) is 0 Å². The van der Waals surface area contributed by atoms with Crippen molar-refractivity contribution in [3.05, 3.63) is 77.0 Å².